The molecule has 1 unspecified atom stereocenters. The summed E-state index contributed by atoms with van der Waals surface area (Å²) in [6.45, 7) is 0.257. The predicted octanol–water partition coefficient (Wildman–Crippen LogP) is 1.30. The summed E-state index contributed by atoms with van der Waals surface area (Å²) in [5.74, 6) is -0.555. The van der Waals surface area contributed by atoms with Crippen molar-refractivity contribution in [1.82, 2.24) is 19.3 Å². The number of hydrogen-bond donors (Lipinski definition) is 3. The van der Waals surface area contributed by atoms with E-state index >= 15 is 0 Å². The minimum Gasteiger partial charge on any atom is -0.310 e. The number of halogens is 1. The van der Waals surface area contributed by atoms with E-state index in [0.29, 0.717) is 23.7 Å². The maximum Gasteiger partial charge on any atom is 0.326 e. The van der Waals surface area contributed by atoms with E-state index in [9.17, 15) is 22.8 Å². The average Bonchev–Trinajstić information content (AvgIpc) is 2.75. The molecule has 3 N–H and O–H groups in total. The Balaban J connectivity index is 1.56. The quantitative estimate of drug-likeness (QED) is 0.531. The molecule has 0 bridgehead atoms. The van der Waals surface area contributed by atoms with Crippen LogP contribution in [-0.2, 0) is 14.8 Å². The Hall–Kier alpha value is -3.02. The lowest BCUT2D eigenvalue weighted by Crippen LogP contribution is -2.43. The molecule has 1 aliphatic rings. The molecule has 1 atom stereocenters. The van der Waals surface area contributed by atoms with Crippen molar-refractivity contribution in [3.05, 3.63) is 62.4 Å². The van der Waals surface area contributed by atoms with Crippen LogP contribution in [0.1, 0.15) is 12.8 Å². The number of fused-ring (bicyclic) bond motifs is 1. The zero-order valence-corrected chi connectivity index (χ0v) is 17.7. The number of aromatic nitrogens is 3. The third kappa shape index (κ3) is 4.38. The number of sulfonamides is 1. The Morgan fingerprint density at radius 2 is 2.00 bits per heavy atom. The molecular weight excluding hydrogens is 446 g/mol. The first-order chi connectivity index (χ1) is 14.7. The number of nitrogens with one attached hydrogen (secondary N) is 3. The van der Waals surface area contributed by atoms with E-state index in [1.165, 1.54) is 28.7 Å². The molecule has 1 aromatic carbocycles. The largest absolute Gasteiger partial charge is 0.326 e. The van der Waals surface area contributed by atoms with Crippen LogP contribution in [0, 0.1) is 5.92 Å². The molecule has 0 radical (unpaired) electrons. The molecule has 1 fully saturated rings. The van der Waals surface area contributed by atoms with Gasteiger partial charge < -0.3 is 10.3 Å². The summed E-state index contributed by atoms with van der Waals surface area (Å²) < 4.78 is 27.5. The van der Waals surface area contributed by atoms with Crippen LogP contribution in [0.15, 0.2) is 51.0 Å². The van der Waals surface area contributed by atoms with Crippen LogP contribution < -0.4 is 16.6 Å². The van der Waals surface area contributed by atoms with Crippen LogP contribution in [0.3, 0.4) is 0 Å². The van der Waals surface area contributed by atoms with Gasteiger partial charge in [0.1, 0.15) is 5.82 Å². The molecule has 12 heteroatoms. The molecule has 0 saturated carbocycles. The first-order valence-electron chi connectivity index (χ1n) is 9.43. The van der Waals surface area contributed by atoms with Gasteiger partial charge in [-0.15, -0.1) is 0 Å². The van der Waals surface area contributed by atoms with Crippen LogP contribution in [0.5, 0.6) is 0 Å². The van der Waals surface area contributed by atoms with Crippen LogP contribution >= 0.6 is 11.6 Å². The highest BCUT2D eigenvalue weighted by molar-refractivity contribution is 7.89. The number of anilines is 1. The molecule has 1 amide bonds. The molecule has 3 heterocycles. The Labute approximate surface area is 181 Å². The molecule has 2 aromatic heterocycles. The molecule has 10 nitrogen and oxygen atoms in total. The second-order valence-electron chi connectivity index (χ2n) is 7.17. The summed E-state index contributed by atoms with van der Waals surface area (Å²) in [4.78, 5) is 44.5. The molecule has 1 saturated heterocycles. The van der Waals surface area contributed by atoms with Gasteiger partial charge in [0.25, 0.3) is 5.56 Å². The van der Waals surface area contributed by atoms with Crippen molar-refractivity contribution in [1.29, 1.82) is 0 Å². The highest BCUT2D eigenvalue weighted by Gasteiger charge is 2.33. The molecule has 0 aliphatic carbocycles. The summed E-state index contributed by atoms with van der Waals surface area (Å²) in [5, 5.41) is 3.17. The van der Waals surface area contributed by atoms with Gasteiger partial charge in [-0.2, -0.15) is 4.31 Å². The standard InChI is InChI=1S/C19H18ClN5O5S/c20-12-3-6-16(21-9-12)23-17(26)11-2-1-7-25(10-11)31(29,30)13-4-5-15-14(8-13)18(27)24-19(28)22-15/h3-6,8-9,11H,1-2,7,10H2,(H,21,23,26)(H2,22,24,27,28). The lowest BCUT2D eigenvalue weighted by molar-refractivity contribution is -0.120. The van der Waals surface area contributed by atoms with E-state index in [-0.39, 0.29) is 34.8 Å². The van der Waals surface area contributed by atoms with Crippen molar-refractivity contribution in [3.63, 3.8) is 0 Å². The molecule has 0 spiro atoms. The number of H-pyrrole nitrogens is 2. The number of rotatable bonds is 4. The maximum absolute atomic E-state index is 13.2. The van der Waals surface area contributed by atoms with Crippen molar-refractivity contribution >= 4 is 44.3 Å². The summed E-state index contributed by atoms with van der Waals surface area (Å²) in [6, 6.07) is 7.08. The fraction of sp³-hybridized carbons (Fsp3) is 0.263. The van der Waals surface area contributed by atoms with Gasteiger partial charge in [0.2, 0.25) is 15.9 Å². The summed E-state index contributed by atoms with van der Waals surface area (Å²) in [5.41, 5.74) is -1.12. The third-order valence-corrected chi connectivity index (χ3v) is 7.17. The van der Waals surface area contributed by atoms with Crippen molar-refractivity contribution in [2.75, 3.05) is 18.4 Å². The van der Waals surface area contributed by atoms with Gasteiger partial charge in [0.05, 0.1) is 26.7 Å². The van der Waals surface area contributed by atoms with Gasteiger partial charge in [-0.25, -0.2) is 18.2 Å². The van der Waals surface area contributed by atoms with Crippen LogP contribution in [0.4, 0.5) is 5.82 Å². The van der Waals surface area contributed by atoms with E-state index in [0.717, 1.165) is 0 Å². The Kier molecular flexibility index (Phi) is 5.65. The lowest BCUT2D eigenvalue weighted by atomic mass is 9.99. The van der Waals surface area contributed by atoms with Gasteiger partial charge in [-0.1, -0.05) is 11.6 Å². The van der Waals surface area contributed by atoms with Gasteiger partial charge >= 0.3 is 5.69 Å². The zero-order chi connectivity index (χ0) is 22.2. The van der Waals surface area contributed by atoms with Crippen LogP contribution in [0.25, 0.3) is 10.9 Å². The minimum atomic E-state index is -3.95. The first-order valence-corrected chi connectivity index (χ1v) is 11.2. The maximum atomic E-state index is 13.2. The Bertz CT molecular complexity index is 1370. The second kappa shape index (κ2) is 8.25. The molecular formula is C19H18ClN5O5S. The number of hydrogen-bond acceptors (Lipinski definition) is 6. The van der Waals surface area contributed by atoms with E-state index in [2.05, 4.69) is 20.3 Å². The molecule has 1 aliphatic heterocycles. The number of pyridine rings is 1. The number of amides is 1. The molecule has 3 aromatic rings. The summed E-state index contributed by atoms with van der Waals surface area (Å²) in [6.07, 6.45) is 2.44. The summed E-state index contributed by atoms with van der Waals surface area (Å²) >= 11 is 5.79. The smallest absolute Gasteiger partial charge is 0.310 e. The summed E-state index contributed by atoms with van der Waals surface area (Å²) in [7, 11) is -3.95. The van der Waals surface area contributed by atoms with Crippen molar-refractivity contribution in [2.24, 2.45) is 5.92 Å². The normalized spacial score (nSPS) is 17.5. The van der Waals surface area contributed by atoms with Gasteiger partial charge in [0.15, 0.2) is 0 Å². The van der Waals surface area contributed by atoms with E-state index in [1.807, 2.05) is 0 Å². The number of carbonyl (C=O) groups is 1. The van der Waals surface area contributed by atoms with Crippen molar-refractivity contribution in [2.45, 2.75) is 17.7 Å². The minimum absolute atomic E-state index is 0.00176. The molecule has 31 heavy (non-hydrogen) atoms. The van der Waals surface area contributed by atoms with Crippen molar-refractivity contribution < 1.29 is 13.2 Å². The Morgan fingerprint density at radius 3 is 2.74 bits per heavy atom. The fourth-order valence-electron chi connectivity index (χ4n) is 3.51. The van der Waals surface area contributed by atoms with Gasteiger partial charge in [-0.05, 0) is 43.2 Å². The second-order valence-corrected chi connectivity index (χ2v) is 9.54. The zero-order valence-electron chi connectivity index (χ0n) is 16.1. The third-order valence-electron chi connectivity index (χ3n) is 5.08. The Morgan fingerprint density at radius 1 is 1.19 bits per heavy atom. The first kappa shape index (κ1) is 21.2. The lowest BCUT2D eigenvalue weighted by Gasteiger charge is -2.31. The highest BCUT2D eigenvalue weighted by atomic mass is 35.5. The van der Waals surface area contributed by atoms with Crippen LogP contribution in [-0.4, -0.2) is 46.7 Å². The number of aromatic amines is 2. The number of nitrogens with zero attached hydrogens (tertiary/aromatic N) is 2. The monoisotopic (exact) mass is 463 g/mol. The van der Waals surface area contributed by atoms with E-state index in [1.54, 1.807) is 12.1 Å². The van der Waals surface area contributed by atoms with Crippen molar-refractivity contribution in [3.8, 4) is 0 Å². The van der Waals surface area contributed by atoms with Gasteiger partial charge in [-0.3, -0.25) is 14.6 Å². The highest BCUT2D eigenvalue weighted by Crippen LogP contribution is 2.25. The van der Waals surface area contributed by atoms with Gasteiger partial charge in [0, 0.05) is 19.3 Å². The van der Waals surface area contributed by atoms with E-state index in [4.69, 9.17) is 11.6 Å². The fourth-order valence-corrected chi connectivity index (χ4v) is 5.17. The number of carbonyl (C=O) groups excluding carboxylic acids is 1. The van der Waals surface area contributed by atoms with E-state index < -0.39 is 27.2 Å². The van der Waals surface area contributed by atoms with Crippen LogP contribution in [0.2, 0.25) is 5.02 Å². The predicted molar refractivity (Wildman–Crippen MR) is 115 cm³/mol. The molecule has 4 rings (SSSR count). The molecule has 162 valence electrons. The number of piperidine rings is 1. The number of benzene rings is 1. The SMILES string of the molecule is O=C(Nc1ccc(Cl)cn1)C1CCCN(S(=O)(=O)c2ccc3[nH]c(=O)[nH]c(=O)c3c2)C1. The topological polar surface area (TPSA) is 145 Å². The average molecular weight is 464 g/mol.